The summed E-state index contributed by atoms with van der Waals surface area (Å²) in [5, 5.41) is 0.631. The van der Waals surface area contributed by atoms with Crippen molar-refractivity contribution in [1.29, 1.82) is 0 Å². The quantitative estimate of drug-likeness (QED) is 0.866. The molecule has 2 aromatic rings. The molecule has 0 amide bonds. The molecule has 2 N–H and O–H groups in total. The average Bonchev–Trinajstić information content (AvgIpc) is 2.37. The van der Waals surface area contributed by atoms with Crippen LogP contribution in [0.1, 0.15) is 31.2 Å². The lowest BCUT2D eigenvalue weighted by atomic mass is 10.2. The van der Waals surface area contributed by atoms with Crippen molar-refractivity contribution in [3.63, 3.8) is 0 Å². The Bertz CT molecular complexity index is 647. The van der Waals surface area contributed by atoms with Crippen LogP contribution >= 0.6 is 27.5 Å². The highest BCUT2D eigenvalue weighted by atomic mass is 79.9. The molecule has 4 nitrogen and oxygen atoms in total. The van der Waals surface area contributed by atoms with E-state index in [0.717, 1.165) is 10.0 Å². The van der Waals surface area contributed by atoms with E-state index in [4.69, 9.17) is 22.1 Å². The number of anilines is 1. The number of hydrogen-bond donors (Lipinski definition) is 1. The first-order valence-corrected chi connectivity index (χ1v) is 7.32. The standard InChI is InChI=1S/C14H15BrClN3O/c1-7(2)13-18-12(17)8(3)14(19-13)20-11-5-4-9(16)6-10(11)15/h4-7H,1-3H3,(H2,17,18,19). The Hall–Kier alpha value is -1.33. The monoisotopic (exact) mass is 355 g/mol. The minimum atomic E-state index is 0.175. The van der Waals surface area contributed by atoms with E-state index in [0.29, 0.717) is 28.3 Å². The third-order valence-electron chi connectivity index (χ3n) is 2.77. The van der Waals surface area contributed by atoms with Gasteiger partial charge in [-0.2, -0.15) is 4.98 Å². The second kappa shape index (κ2) is 5.97. The van der Waals surface area contributed by atoms with Crippen molar-refractivity contribution in [1.82, 2.24) is 9.97 Å². The summed E-state index contributed by atoms with van der Waals surface area (Å²) >= 11 is 9.32. The van der Waals surface area contributed by atoms with Crippen LogP contribution in [-0.2, 0) is 0 Å². The number of hydrogen-bond acceptors (Lipinski definition) is 4. The summed E-state index contributed by atoms with van der Waals surface area (Å²) in [6.07, 6.45) is 0. The molecule has 0 saturated carbocycles. The molecule has 6 heteroatoms. The van der Waals surface area contributed by atoms with Crippen LogP contribution in [0.4, 0.5) is 5.82 Å². The maximum absolute atomic E-state index is 5.91. The van der Waals surface area contributed by atoms with Crippen molar-refractivity contribution in [2.24, 2.45) is 0 Å². The third kappa shape index (κ3) is 3.22. The zero-order valence-corrected chi connectivity index (χ0v) is 13.8. The Kier molecular flexibility index (Phi) is 4.50. The van der Waals surface area contributed by atoms with Crippen LogP contribution in [0.5, 0.6) is 11.6 Å². The Balaban J connectivity index is 2.42. The number of nitrogens with two attached hydrogens (primary N) is 1. The van der Waals surface area contributed by atoms with Gasteiger partial charge in [0.1, 0.15) is 17.4 Å². The van der Waals surface area contributed by atoms with Gasteiger partial charge in [-0.3, -0.25) is 0 Å². The molecule has 0 fully saturated rings. The zero-order valence-electron chi connectivity index (χ0n) is 11.4. The lowest BCUT2D eigenvalue weighted by Crippen LogP contribution is -2.06. The van der Waals surface area contributed by atoms with E-state index in [-0.39, 0.29) is 5.92 Å². The minimum Gasteiger partial charge on any atom is -0.437 e. The molecule has 0 radical (unpaired) electrons. The smallest absolute Gasteiger partial charge is 0.227 e. The van der Waals surface area contributed by atoms with Crippen molar-refractivity contribution < 1.29 is 4.74 Å². The van der Waals surface area contributed by atoms with Gasteiger partial charge in [0.2, 0.25) is 5.88 Å². The van der Waals surface area contributed by atoms with Gasteiger partial charge in [0, 0.05) is 10.9 Å². The van der Waals surface area contributed by atoms with Crippen molar-refractivity contribution in [2.75, 3.05) is 5.73 Å². The molecule has 0 unspecified atom stereocenters. The van der Waals surface area contributed by atoms with Crippen molar-refractivity contribution in [3.8, 4) is 11.6 Å². The van der Waals surface area contributed by atoms with Crippen LogP contribution in [0.2, 0.25) is 5.02 Å². The topological polar surface area (TPSA) is 61.0 Å². The van der Waals surface area contributed by atoms with Crippen LogP contribution in [0.3, 0.4) is 0 Å². The molecule has 106 valence electrons. The predicted molar refractivity (Wildman–Crippen MR) is 84.5 cm³/mol. The van der Waals surface area contributed by atoms with E-state index in [1.807, 2.05) is 20.8 Å². The van der Waals surface area contributed by atoms with Gasteiger partial charge < -0.3 is 10.5 Å². The fourth-order valence-corrected chi connectivity index (χ4v) is 2.31. The second-order valence-corrected chi connectivity index (χ2v) is 6.02. The van der Waals surface area contributed by atoms with Gasteiger partial charge in [0.25, 0.3) is 0 Å². The van der Waals surface area contributed by atoms with Crippen LogP contribution in [-0.4, -0.2) is 9.97 Å². The third-order valence-corrected chi connectivity index (χ3v) is 3.63. The number of nitrogen functional groups attached to an aromatic ring is 1. The van der Waals surface area contributed by atoms with Crippen LogP contribution in [0, 0.1) is 6.92 Å². The zero-order chi connectivity index (χ0) is 14.9. The maximum atomic E-state index is 5.91. The molecular formula is C14H15BrClN3O. The Morgan fingerprint density at radius 2 is 2.00 bits per heavy atom. The SMILES string of the molecule is Cc1c(N)nc(C(C)C)nc1Oc1ccc(Cl)cc1Br. The average molecular weight is 357 g/mol. The number of ether oxygens (including phenoxy) is 1. The molecule has 2 rings (SSSR count). The van der Waals surface area contributed by atoms with Gasteiger partial charge in [-0.15, -0.1) is 0 Å². The summed E-state index contributed by atoms with van der Waals surface area (Å²) in [6.45, 7) is 5.84. The van der Waals surface area contributed by atoms with Gasteiger partial charge >= 0.3 is 0 Å². The minimum absolute atomic E-state index is 0.175. The van der Waals surface area contributed by atoms with E-state index in [1.54, 1.807) is 18.2 Å². The molecule has 0 aliphatic heterocycles. The van der Waals surface area contributed by atoms with Crippen molar-refractivity contribution in [2.45, 2.75) is 26.7 Å². The number of aromatic nitrogens is 2. The van der Waals surface area contributed by atoms with Gasteiger partial charge in [0.05, 0.1) is 10.0 Å². The van der Waals surface area contributed by atoms with Crippen LogP contribution in [0.15, 0.2) is 22.7 Å². The Labute approximate surface area is 131 Å². The van der Waals surface area contributed by atoms with Gasteiger partial charge in [-0.25, -0.2) is 4.98 Å². The number of benzene rings is 1. The predicted octanol–water partition coefficient (Wildman–Crippen LogP) is 4.70. The van der Waals surface area contributed by atoms with E-state index >= 15 is 0 Å². The normalized spacial score (nSPS) is 10.9. The second-order valence-electron chi connectivity index (χ2n) is 4.73. The van der Waals surface area contributed by atoms with E-state index in [9.17, 15) is 0 Å². The molecule has 0 saturated heterocycles. The number of halogens is 2. The summed E-state index contributed by atoms with van der Waals surface area (Å²) in [5.41, 5.74) is 6.63. The van der Waals surface area contributed by atoms with E-state index < -0.39 is 0 Å². The first kappa shape index (κ1) is 15.1. The van der Waals surface area contributed by atoms with E-state index in [1.165, 1.54) is 0 Å². The molecule has 1 aromatic heterocycles. The molecule has 1 aromatic carbocycles. The summed E-state index contributed by atoms with van der Waals surface area (Å²) in [5.74, 6) is 2.36. The fourth-order valence-electron chi connectivity index (χ4n) is 1.55. The highest BCUT2D eigenvalue weighted by Gasteiger charge is 2.14. The van der Waals surface area contributed by atoms with Crippen molar-refractivity contribution >= 4 is 33.3 Å². The molecular weight excluding hydrogens is 342 g/mol. The first-order valence-electron chi connectivity index (χ1n) is 6.15. The maximum Gasteiger partial charge on any atom is 0.227 e. The molecule has 1 heterocycles. The first-order chi connectivity index (χ1) is 9.38. The van der Waals surface area contributed by atoms with Gasteiger partial charge in [0.15, 0.2) is 0 Å². The molecule has 0 aliphatic rings. The summed E-state index contributed by atoms with van der Waals surface area (Å²) in [7, 11) is 0. The summed E-state index contributed by atoms with van der Waals surface area (Å²) < 4.78 is 6.59. The van der Waals surface area contributed by atoms with Gasteiger partial charge in [-0.05, 0) is 41.1 Å². The van der Waals surface area contributed by atoms with E-state index in [2.05, 4.69) is 25.9 Å². The molecule has 0 atom stereocenters. The number of nitrogens with zero attached hydrogens (tertiary/aromatic N) is 2. The lowest BCUT2D eigenvalue weighted by molar-refractivity contribution is 0.450. The number of rotatable bonds is 3. The fraction of sp³-hybridized carbons (Fsp3) is 0.286. The summed E-state index contributed by atoms with van der Waals surface area (Å²) in [4.78, 5) is 8.69. The summed E-state index contributed by atoms with van der Waals surface area (Å²) in [6, 6.07) is 5.30. The van der Waals surface area contributed by atoms with Gasteiger partial charge in [-0.1, -0.05) is 25.4 Å². The van der Waals surface area contributed by atoms with Crippen molar-refractivity contribution in [3.05, 3.63) is 39.1 Å². The molecule has 0 aliphatic carbocycles. The highest BCUT2D eigenvalue weighted by Crippen LogP contribution is 2.33. The van der Waals surface area contributed by atoms with Crippen LogP contribution < -0.4 is 10.5 Å². The molecule has 0 spiro atoms. The highest BCUT2D eigenvalue weighted by molar-refractivity contribution is 9.10. The molecule has 20 heavy (non-hydrogen) atoms. The lowest BCUT2D eigenvalue weighted by Gasteiger charge is -2.13. The largest absolute Gasteiger partial charge is 0.437 e. The molecule has 0 bridgehead atoms. The Morgan fingerprint density at radius 3 is 2.60 bits per heavy atom. The Morgan fingerprint density at radius 1 is 1.30 bits per heavy atom. The van der Waals surface area contributed by atoms with Crippen LogP contribution in [0.25, 0.3) is 0 Å².